The first-order chi connectivity index (χ1) is 10.7. The smallest absolute Gasteiger partial charge is 0.211 e. The number of nitrogens with one attached hydrogen (secondary N) is 1. The number of halogens is 2. The Morgan fingerprint density at radius 3 is 2.43 bits per heavy atom. The average molecular weight is 399 g/mol. The third kappa shape index (κ3) is 4.26. The van der Waals surface area contributed by atoms with E-state index in [0.29, 0.717) is 6.42 Å². The third-order valence-corrected chi connectivity index (χ3v) is 7.39. The van der Waals surface area contributed by atoms with Crippen molar-refractivity contribution < 1.29 is 16.8 Å². The minimum atomic E-state index is -3.82. The molecule has 1 saturated heterocycles. The average Bonchev–Trinajstić information content (AvgIpc) is 2.94. The van der Waals surface area contributed by atoms with Crippen LogP contribution < -0.4 is 4.72 Å². The molecule has 0 aromatic heterocycles. The summed E-state index contributed by atoms with van der Waals surface area (Å²) in [6, 6.07) is 4.50. The molecule has 6 nitrogen and oxygen atoms in total. The fourth-order valence-electron chi connectivity index (χ4n) is 2.33. The second-order valence-corrected chi connectivity index (χ2v) is 9.53. The zero-order valence-electron chi connectivity index (χ0n) is 12.1. The zero-order chi connectivity index (χ0) is 17.3. The van der Waals surface area contributed by atoms with Crippen LogP contribution in [0.4, 0.5) is 0 Å². The van der Waals surface area contributed by atoms with Crippen molar-refractivity contribution in [3.8, 4) is 0 Å². The Hall–Kier alpha value is -0.640. The van der Waals surface area contributed by atoms with Crippen LogP contribution in [0.3, 0.4) is 0 Å². The van der Waals surface area contributed by atoms with Crippen molar-refractivity contribution >= 4 is 43.2 Å². The maximum absolute atomic E-state index is 12.7. The largest absolute Gasteiger partial charge is 0.246 e. The summed E-state index contributed by atoms with van der Waals surface area (Å²) < 4.78 is 51.7. The van der Waals surface area contributed by atoms with Gasteiger partial charge in [0, 0.05) is 25.0 Å². The lowest BCUT2D eigenvalue weighted by atomic mass is 10.1. The minimum absolute atomic E-state index is 0.0633. The quantitative estimate of drug-likeness (QED) is 0.794. The predicted octanol–water partition coefficient (Wildman–Crippen LogP) is 2.07. The van der Waals surface area contributed by atoms with Gasteiger partial charge in [-0.25, -0.2) is 21.6 Å². The van der Waals surface area contributed by atoms with Gasteiger partial charge < -0.3 is 0 Å². The van der Waals surface area contributed by atoms with Crippen LogP contribution >= 0.6 is 23.2 Å². The number of hydrogen-bond acceptors (Lipinski definition) is 4. The molecule has 0 spiro atoms. The van der Waals surface area contributed by atoms with Crippen LogP contribution in [-0.2, 0) is 20.0 Å². The molecule has 1 fully saturated rings. The van der Waals surface area contributed by atoms with E-state index in [1.807, 2.05) is 0 Å². The summed E-state index contributed by atoms with van der Waals surface area (Å²) in [7, 11) is -7.34. The van der Waals surface area contributed by atoms with Gasteiger partial charge in [-0.1, -0.05) is 35.8 Å². The molecule has 0 bridgehead atoms. The van der Waals surface area contributed by atoms with E-state index in [-0.39, 0.29) is 40.5 Å². The molecule has 0 radical (unpaired) electrons. The molecule has 1 aromatic carbocycles. The van der Waals surface area contributed by atoms with Gasteiger partial charge in [0.2, 0.25) is 20.0 Å². The summed E-state index contributed by atoms with van der Waals surface area (Å²) in [6.07, 6.45) is 0.543. The lowest BCUT2D eigenvalue weighted by molar-refractivity contribution is 0.455. The molecular weight excluding hydrogens is 383 g/mol. The van der Waals surface area contributed by atoms with Crippen LogP contribution in [0.5, 0.6) is 0 Å². The highest BCUT2D eigenvalue weighted by atomic mass is 35.5. The van der Waals surface area contributed by atoms with Gasteiger partial charge in [0.1, 0.15) is 4.90 Å². The van der Waals surface area contributed by atoms with E-state index in [0.717, 1.165) is 5.41 Å². The van der Waals surface area contributed by atoms with Crippen LogP contribution in [0.25, 0.3) is 0 Å². The van der Waals surface area contributed by atoms with Gasteiger partial charge in [-0.15, -0.1) is 0 Å². The molecule has 0 saturated carbocycles. The molecule has 1 heterocycles. The van der Waals surface area contributed by atoms with E-state index in [4.69, 9.17) is 23.2 Å². The van der Waals surface area contributed by atoms with Crippen molar-refractivity contribution in [1.29, 1.82) is 0 Å². The summed E-state index contributed by atoms with van der Waals surface area (Å²) in [5, 5.41) is 0.946. The molecule has 1 aliphatic rings. The SMILES string of the molecule is C=CS(=O)(=O)NC[C@H]1CCN(S(=O)(=O)c2c(Cl)cccc2Cl)C1. The fraction of sp³-hybridized carbons (Fsp3) is 0.385. The lowest BCUT2D eigenvalue weighted by Gasteiger charge is -2.18. The molecule has 2 rings (SSSR count). The number of sulfonamides is 2. The van der Waals surface area contributed by atoms with Crippen LogP contribution in [0.2, 0.25) is 10.0 Å². The highest BCUT2D eigenvalue weighted by molar-refractivity contribution is 7.92. The Morgan fingerprint density at radius 2 is 1.87 bits per heavy atom. The molecule has 0 unspecified atom stereocenters. The molecule has 128 valence electrons. The molecule has 1 aromatic rings. The van der Waals surface area contributed by atoms with Crippen molar-refractivity contribution in [2.24, 2.45) is 5.92 Å². The van der Waals surface area contributed by atoms with E-state index in [9.17, 15) is 16.8 Å². The van der Waals surface area contributed by atoms with Crippen molar-refractivity contribution in [1.82, 2.24) is 9.03 Å². The zero-order valence-corrected chi connectivity index (χ0v) is 15.2. The molecule has 1 aliphatic heterocycles. The predicted molar refractivity (Wildman–Crippen MR) is 90.4 cm³/mol. The normalized spacial score (nSPS) is 19.8. The number of hydrogen-bond donors (Lipinski definition) is 1. The van der Waals surface area contributed by atoms with Gasteiger partial charge in [0.05, 0.1) is 10.0 Å². The van der Waals surface area contributed by atoms with E-state index < -0.39 is 20.0 Å². The molecule has 0 aliphatic carbocycles. The van der Waals surface area contributed by atoms with Gasteiger partial charge in [-0.05, 0) is 24.5 Å². The van der Waals surface area contributed by atoms with Crippen molar-refractivity contribution in [2.45, 2.75) is 11.3 Å². The summed E-state index contributed by atoms with van der Waals surface area (Å²) in [6.45, 7) is 3.83. The fourth-order valence-corrected chi connectivity index (χ4v) is 5.54. The second kappa shape index (κ2) is 7.08. The van der Waals surface area contributed by atoms with E-state index >= 15 is 0 Å². The minimum Gasteiger partial charge on any atom is -0.211 e. The first-order valence-corrected chi connectivity index (χ1v) is 10.5. The van der Waals surface area contributed by atoms with Crippen LogP contribution in [0, 0.1) is 5.92 Å². The summed E-state index contributed by atoms with van der Waals surface area (Å²) >= 11 is 12.0. The maximum atomic E-state index is 12.7. The van der Waals surface area contributed by atoms with Crippen LogP contribution in [-0.4, -0.2) is 40.8 Å². The van der Waals surface area contributed by atoms with Crippen molar-refractivity contribution in [3.63, 3.8) is 0 Å². The Labute approximate surface area is 146 Å². The van der Waals surface area contributed by atoms with Gasteiger partial charge >= 0.3 is 0 Å². The topological polar surface area (TPSA) is 83.6 Å². The third-order valence-electron chi connectivity index (χ3n) is 3.56. The molecule has 0 amide bonds. The second-order valence-electron chi connectivity index (χ2n) is 5.13. The van der Waals surface area contributed by atoms with E-state index in [2.05, 4.69) is 11.3 Å². The monoisotopic (exact) mass is 398 g/mol. The van der Waals surface area contributed by atoms with Crippen molar-refractivity contribution in [3.05, 3.63) is 40.2 Å². The maximum Gasteiger partial charge on any atom is 0.246 e. The first-order valence-electron chi connectivity index (χ1n) is 6.73. The van der Waals surface area contributed by atoms with Gasteiger partial charge in [-0.2, -0.15) is 4.31 Å². The van der Waals surface area contributed by atoms with Gasteiger partial charge in [0.25, 0.3) is 0 Å². The van der Waals surface area contributed by atoms with Crippen LogP contribution in [0.1, 0.15) is 6.42 Å². The van der Waals surface area contributed by atoms with Gasteiger partial charge in [-0.3, -0.25) is 0 Å². The van der Waals surface area contributed by atoms with Crippen molar-refractivity contribution in [2.75, 3.05) is 19.6 Å². The highest BCUT2D eigenvalue weighted by Gasteiger charge is 2.35. The molecule has 10 heteroatoms. The molecule has 23 heavy (non-hydrogen) atoms. The van der Waals surface area contributed by atoms with E-state index in [1.165, 1.54) is 16.4 Å². The summed E-state index contributed by atoms with van der Waals surface area (Å²) in [4.78, 5) is -0.115. The lowest BCUT2D eigenvalue weighted by Crippen LogP contribution is -2.32. The summed E-state index contributed by atoms with van der Waals surface area (Å²) in [5.41, 5.74) is 0. The molecular formula is C13H16Cl2N2O4S2. The first kappa shape index (κ1) is 18.7. The Kier molecular flexibility index (Phi) is 5.76. The summed E-state index contributed by atoms with van der Waals surface area (Å²) in [5.74, 6) is -0.124. The number of rotatable bonds is 6. The van der Waals surface area contributed by atoms with Crippen LogP contribution in [0.15, 0.2) is 35.1 Å². The molecule has 1 N–H and O–H groups in total. The standard InChI is InChI=1S/C13H16Cl2N2O4S2/c1-2-22(18,19)16-8-10-6-7-17(9-10)23(20,21)13-11(14)4-3-5-12(13)15/h2-5,10,16H,1,6-9H2/t10-/m1/s1. The number of nitrogens with zero attached hydrogens (tertiary/aromatic N) is 1. The van der Waals surface area contributed by atoms with E-state index in [1.54, 1.807) is 6.07 Å². The Balaban J connectivity index is 2.13. The Bertz CT molecular complexity index is 789. The Morgan fingerprint density at radius 1 is 1.26 bits per heavy atom. The van der Waals surface area contributed by atoms with Gasteiger partial charge in [0.15, 0.2) is 0 Å². The molecule has 1 atom stereocenters. The highest BCUT2D eigenvalue weighted by Crippen LogP contribution is 2.33. The number of benzene rings is 1.